The Kier molecular flexibility index (Phi) is 3.24. The molecule has 3 rings (SSSR count). The van der Waals surface area contributed by atoms with Crippen molar-refractivity contribution in [2.24, 2.45) is 5.92 Å². The van der Waals surface area contributed by atoms with Gasteiger partial charge >= 0.3 is 0 Å². The lowest BCUT2D eigenvalue weighted by atomic mass is 9.83. The fourth-order valence-electron chi connectivity index (χ4n) is 3.78. The molecule has 5 nitrogen and oxygen atoms in total. The van der Waals surface area contributed by atoms with Crippen LogP contribution in [-0.2, 0) is 9.59 Å². The van der Waals surface area contributed by atoms with Crippen molar-refractivity contribution in [3.05, 3.63) is 29.8 Å². The van der Waals surface area contributed by atoms with Crippen molar-refractivity contribution in [1.82, 2.24) is 10.2 Å². The normalized spacial score (nSPS) is 32.1. The summed E-state index contributed by atoms with van der Waals surface area (Å²) in [5, 5.41) is 2.54. The van der Waals surface area contributed by atoms with Crippen LogP contribution in [0.1, 0.15) is 31.4 Å². The number of hydrogen-bond acceptors (Lipinski definition) is 4. The van der Waals surface area contributed by atoms with E-state index in [1.54, 1.807) is 7.11 Å². The van der Waals surface area contributed by atoms with Crippen molar-refractivity contribution in [3.63, 3.8) is 0 Å². The SMILES string of the molecule is CC[C@]12C[C@H](C(=O)NC1=O)[C@H](c1ccc(OC)cc1)N2C. The van der Waals surface area contributed by atoms with Crippen LogP contribution in [0.3, 0.4) is 0 Å². The zero-order chi connectivity index (χ0) is 15.2. The number of likely N-dealkylation sites (tertiary alicyclic amines) is 1. The van der Waals surface area contributed by atoms with Gasteiger partial charge in [0.25, 0.3) is 0 Å². The van der Waals surface area contributed by atoms with Crippen LogP contribution in [0.15, 0.2) is 24.3 Å². The molecule has 0 spiro atoms. The van der Waals surface area contributed by atoms with E-state index in [1.165, 1.54) is 0 Å². The lowest BCUT2D eigenvalue weighted by Crippen LogP contribution is -2.57. The quantitative estimate of drug-likeness (QED) is 0.856. The Morgan fingerprint density at radius 2 is 2.00 bits per heavy atom. The van der Waals surface area contributed by atoms with Crippen molar-refractivity contribution < 1.29 is 14.3 Å². The van der Waals surface area contributed by atoms with Gasteiger partial charge in [-0.25, -0.2) is 0 Å². The lowest BCUT2D eigenvalue weighted by molar-refractivity contribution is -0.140. The standard InChI is InChI=1S/C16H20N2O3/c1-4-16-9-12(14(19)17-15(16)20)13(18(16)2)10-5-7-11(21-3)8-6-10/h5-8,12-13H,4,9H2,1-3H3,(H,17,19,20)/t12-,13-,16-/m0/s1. The third-order valence-corrected chi connectivity index (χ3v) is 5.07. The number of carbonyl (C=O) groups is 2. The molecule has 1 aromatic carbocycles. The average molecular weight is 288 g/mol. The van der Waals surface area contributed by atoms with Gasteiger partial charge in [0.2, 0.25) is 11.8 Å². The number of nitrogens with zero attached hydrogens (tertiary/aromatic N) is 1. The molecule has 2 aliphatic heterocycles. The summed E-state index contributed by atoms with van der Waals surface area (Å²) in [6, 6.07) is 7.67. The summed E-state index contributed by atoms with van der Waals surface area (Å²) >= 11 is 0. The molecule has 21 heavy (non-hydrogen) atoms. The van der Waals surface area contributed by atoms with Gasteiger partial charge in [-0.05, 0) is 37.6 Å². The molecule has 1 aromatic rings. The predicted octanol–water partition coefficient (Wildman–Crippen LogP) is 1.49. The van der Waals surface area contributed by atoms with Crippen LogP contribution in [-0.4, -0.2) is 36.4 Å². The van der Waals surface area contributed by atoms with Crippen LogP contribution < -0.4 is 10.1 Å². The molecular weight excluding hydrogens is 268 g/mol. The molecule has 0 radical (unpaired) electrons. The molecule has 1 N–H and O–H groups in total. The van der Waals surface area contributed by atoms with Gasteiger partial charge in [-0.1, -0.05) is 19.1 Å². The van der Waals surface area contributed by atoms with Crippen LogP contribution in [0.2, 0.25) is 0 Å². The third kappa shape index (κ3) is 1.87. The highest BCUT2D eigenvalue weighted by Crippen LogP contribution is 2.49. The predicted molar refractivity (Wildman–Crippen MR) is 77.8 cm³/mol. The highest BCUT2D eigenvalue weighted by molar-refractivity contribution is 6.05. The second-order valence-corrected chi connectivity index (χ2v) is 5.84. The maximum atomic E-state index is 12.3. The third-order valence-electron chi connectivity index (χ3n) is 5.07. The molecule has 2 saturated heterocycles. The molecule has 2 fully saturated rings. The van der Waals surface area contributed by atoms with E-state index in [1.807, 2.05) is 38.2 Å². The maximum absolute atomic E-state index is 12.3. The van der Waals surface area contributed by atoms with E-state index in [-0.39, 0.29) is 23.8 Å². The number of imide groups is 1. The number of likely N-dealkylation sites (N-methyl/N-ethyl adjacent to an activating group) is 1. The van der Waals surface area contributed by atoms with Gasteiger partial charge in [0.15, 0.2) is 0 Å². The number of benzene rings is 1. The van der Waals surface area contributed by atoms with E-state index >= 15 is 0 Å². The topological polar surface area (TPSA) is 58.6 Å². The van der Waals surface area contributed by atoms with E-state index in [2.05, 4.69) is 10.2 Å². The summed E-state index contributed by atoms with van der Waals surface area (Å²) in [5.74, 6) is 0.285. The molecule has 5 heteroatoms. The van der Waals surface area contributed by atoms with Crippen molar-refractivity contribution in [2.75, 3.05) is 14.2 Å². The van der Waals surface area contributed by atoms with E-state index in [0.29, 0.717) is 12.8 Å². The van der Waals surface area contributed by atoms with Gasteiger partial charge in [-0.3, -0.25) is 19.8 Å². The molecule has 2 heterocycles. The lowest BCUT2D eigenvalue weighted by Gasteiger charge is -2.35. The fourth-order valence-corrected chi connectivity index (χ4v) is 3.78. The Morgan fingerprint density at radius 1 is 1.33 bits per heavy atom. The number of amides is 2. The van der Waals surface area contributed by atoms with Crippen molar-refractivity contribution in [3.8, 4) is 5.75 Å². The molecular formula is C16H20N2O3. The first-order valence-corrected chi connectivity index (χ1v) is 7.25. The number of piperidine rings is 1. The molecule has 112 valence electrons. The van der Waals surface area contributed by atoms with Gasteiger partial charge in [0, 0.05) is 6.04 Å². The number of rotatable bonds is 3. The molecule has 0 aliphatic carbocycles. The maximum Gasteiger partial charge on any atom is 0.247 e. The second kappa shape index (κ2) is 4.84. The summed E-state index contributed by atoms with van der Waals surface area (Å²) in [6.07, 6.45) is 1.30. The second-order valence-electron chi connectivity index (χ2n) is 5.84. The van der Waals surface area contributed by atoms with Crippen LogP contribution in [0, 0.1) is 5.92 Å². The number of carbonyl (C=O) groups excluding carboxylic acids is 2. The highest BCUT2D eigenvalue weighted by Gasteiger charge is 2.59. The minimum absolute atomic E-state index is 0.0673. The van der Waals surface area contributed by atoms with Crippen LogP contribution in [0.5, 0.6) is 5.75 Å². The first-order valence-electron chi connectivity index (χ1n) is 7.25. The number of nitrogens with one attached hydrogen (secondary N) is 1. The zero-order valence-electron chi connectivity index (χ0n) is 12.6. The molecule has 2 aliphatic rings. The number of hydrogen-bond donors (Lipinski definition) is 1. The summed E-state index contributed by atoms with van der Waals surface area (Å²) in [5.41, 5.74) is 0.479. The molecule has 2 bridgehead atoms. The largest absolute Gasteiger partial charge is 0.497 e. The summed E-state index contributed by atoms with van der Waals surface area (Å²) in [7, 11) is 3.57. The Hall–Kier alpha value is -1.88. The summed E-state index contributed by atoms with van der Waals surface area (Å²) < 4.78 is 5.18. The fraction of sp³-hybridized carbons (Fsp3) is 0.500. The molecule has 0 saturated carbocycles. The van der Waals surface area contributed by atoms with Gasteiger partial charge in [0.1, 0.15) is 11.3 Å². The van der Waals surface area contributed by atoms with Crippen molar-refractivity contribution >= 4 is 11.8 Å². The van der Waals surface area contributed by atoms with Gasteiger partial charge in [-0.15, -0.1) is 0 Å². The monoisotopic (exact) mass is 288 g/mol. The van der Waals surface area contributed by atoms with Gasteiger partial charge in [-0.2, -0.15) is 0 Å². The van der Waals surface area contributed by atoms with Crippen molar-refractivity contribution in [2.45, 2.75) is 31.3 Å². The van der Waals surface area contributed by atoms with E-state index in [0.717, 1.165) is 11.3 Å². The van der Waals surface area contributed by atoms with E-state index < -0.39 is 5.54 Å². The van der Waals surface area contributed by atoms with E-state index in [9.17, 15) is 9.59 Å². The van der Waals surface area contributed by atoms with Crippen LogP contribution in [0.4, 0.5) is 0 Å². The number of ether oxygens (including phenoxy) is 1. The van der Waals surface area contributed by atoms with Crippen LogP contribution >= 0.6 is 0 Å². The summed E-state index contributed by atoms with van der Waals surface area (Å²) in [4.78, 5) is 26.6. The Morgan fingerprint density at radius 3 is 2.57 bits per heavy atom. The van der Waals surface area contributed by atoms with Crippen LogP contribution in [0.25, 0.3) is 0 Å². The zero-order valence-corrected chi connectivity index (χ0v) is 12.6. The van der Waals surface area contributed by atoms with Crippen molar-refractivity contribution in [1.29, 1.82) is 0 Å². The first kappa shape index (κ1) is 14.1. The highest BCUT2D eigenvalue weighted by atomic mass is 16.5. The Balaban J connectivity index is 2.02. The minimum atomic E-state index is -0.566. The van der Waals surface area contributed by atoms with E-state index in [4.69, 9.17) is 4.74 Å². The minimum Gasteiger partial charge on any atom is -0.497 e. The number of methoxy groups -OCH3 is 1. The molecule has 2 amide bonds. The smallest absolute Gasteiger partial charge is 0.247 e. The average Bonchev–Trinajstić information content (AvgIpc) is 2.77. The first-order chi connectivity index (χ1) is 10.0. The summed E-state index contributed by atoms with van der Waals surface area (Å²) in [6.45, 7) is 2.00. The van der Waals surface area contributed by atoms with Gasteiger partial charge in [0.05, 0.1) is 13.0 Å². The Bertz CT molecular complexity index is 584. The molecule has 0 unspecified atom stereocenters. The van der Waals surface area contributed by atoms with Gasteiger partial charge < -0.3 is 4.74 Å². The molecule has 3 atom stereocenters. The Labute approximate surface area is 124 Å². The molecule has 0 aromatic heterocycles. The number of fused-ring (bicyclic) bond motifs is 2.